The number of nitrogens with zero attached hydrogens (tertiary/aromatic N) is 2. The molecule has 0 spiro atoms. The second-order valence-corrected chi connectivity index (χ2v) is 2.69. The van der Waals surface area contributed by atoms with E-state index in [0.717, 1.165) is 0 Å². The fraction of sp³-hybridized carbons (Fsp3) is 0. The van der Waals surface area contributed by atoms with E-state index in [1.165, 1.54) is 18.6 Å². The van der Waals surface area contributed by atoms with Crippen LogP contribution >= 0.6 is 0 Å². The molecule has 82 valence electrons. The summed E-state index contributed by atoms with van der Waals surface area (Å²) < 4.78 is 0. The molecule has 0 atom stereocenters. The van der Waals surface area contributed by atoms with Gasteiger partial charge >= 0.3 is 5.69 Å². The van der Waals surface area contributed by atoms with Crippen molar-refractivity contribution in [2.75, 3.05) is 0 Å². The lowest BCUT2D eigenvalue weighted by Crippen LogP contribution is -2.10. The third-order valence-corrected chi connectivity index (χ3v) is 1.53. The predicted octanol–water partition coefficient (Wildman–Crippen LogP) is -0.0496. The number of H-pyrrole nitrogens is 1. The number of hydrogen-bond donors (Lipinski definition) is 2. The highest BCUT2D eigenvalue weighted by atomic mass is 16.1. The van der Waals surface area contributed by atoms with Gasteiger partial charge in [0.1, 0.15) is 0 Å². The quantitative estimate of drug-likeness (QED) is 0.700. The third kappa shape index (κ3) is 4.14. The lowest BCUT2D eigenvalue weighted by atomic mass is 10.3. The number of pyridine rings is 1. The minimum atomic E-state index is -0.442. The van der Waals surface area contributed by atoms with E-state index in [9.17, 15) is 9.59 Å². The summed E-state index contributed by atoms with van der Waals surface area (Å²) in [6, 6.07) is 4.94. The molecule has 0 aliphatic carbocycles. The first-order valence-electron chi connectivity index (χ1n) is 4.39. The van der Waals surface area contributed by atoms with Gasteiger partial charge in [-0.1, -0.05) is 0 Å². The molecular formula is C10H10N4O2. The first-order chi connectivity index (χ1) is 7.70. The SMILES string of the molecule is NC(=O)c1cccnc1.O=c1nccc[nH]1. The highest BCUT2D eigenvalue weighted by Gasteiger charge is 1.94. The van der Waals surface area contributed by atoms with Crippen molar-refractivity contribution >= 4 is 5.91 Å². The number of aromatic amines is 1. The molecule has 0 aliphatic heterocycles. The molecule has 0 fully saturated rings. The molecule has 2 aromatic heterocycles. The van der Waals surface area contributed by atoms with Crippen LogP contribution in [0.1, 0.15) is 10.4 Å². The average Bonchev–Trinajstić information content (AvgIpc) is 2.32. The highest BCUT2D eigenvalue weighted by molar-refractivity contribution is 5.92. The van der Waals surface area contributed by atoms with E-state index in [-0.39, 0.29) is 5.69 Å². The monoisotopic (exact) mass is 218 g/mol. The first-order valence-corrected chi connectivity index (χ1v) is 4.39. The van der Waals surface area contributed by atoms with Crippen molar-refractivity contribution in [2.45, 2.75) is 0 Å². The molecule has 6 nitrogen and oxygen atoms in total. The van der Waals surface area contributed by atoms with Crippen LogP contribution in [0.2, 0.25) is 0 Å². The number of hydrogen-bond acceptors (Lipinski definition) is 4. The molecule has 16 heavy (non-hydrogen) atoms. The topological polar surface area (TPSA) is 102 Å². The Morgan fingerprint density at radius 2 is 2.12 bits per heavy atom. The van der Waals surface area contributed by atoms with Crippen molar-refractivity contribution in [3.05, 3.63) is 59.0 Å². The summed E-state index contributed by atoms with van der Waals surface area (Å²) in [6.45, 7) is 0. The van der Waals surface area contributed by atoms with Gasteiger partial charge in [-0.3, -0.25) is 9.78 Å². The standard InChI is InChI=1S/C6H6N2O.C4H4N2O/c7-6(9)5-2-1-3-8-4-5;7-4-5-2-1-3-6-4/h1-4H,(H2,7,9);1-3H,(H,5,6,7). The van der Waals surface area contributed by atoms with E-state index in [2.05, 4.69) is 15.0 Å². The summed E-state index contributed by atoms with van der Waals surface area (Å²) in [5, 5.41) is 0. The van der Waals surface area contributed by atoms with Crippen LogP contribution in [0.4, 0.5) is 0 Å². The van der Waals surface area contributed by atoms with Gasteiger partial charge in [-0.05, 0) is 18.2 Å². The lowest BCUT2D eigenvalue weighted by Gasteiger charge is -1.88. The minimum absolute atomic E-state index is 0.303. The van der Waals surface area contributed by atoms with Gasteiger partial charge in [0, 0.05) is 24.8 Å². The van der Waals surface area contributed by atoms with Gasteiger partial charge in [0.15, 0.2) is 0 Å². The molecule has 3 N–H and O–H groups in total. The van der Waals surface area contributed by atoms with Crippen LogP contribution in [0.3, 0.4) is 0 Å². The van der Waals surface area contributed by atoms with Crippen LogP contribution in [0, 0.1) is 0 Å². The molecule has 0 saturated carbocycles. The average molecular weight is 218 g/mol. The summed E-state index contributed by atoms with van der Waals surface area (Å²) in [7, 11) is 0. The highest BCUT2D eigenvalue weighted by Crippen LogP contribution is 1.91. The van der Waals surface area contributed by atoms with Gasteiger partial charge in [0.05, 0.1) is 5.56 Å². The molecule has 2 heterocycles. The van der Waals surface area contributed by atoms with Gasteiger partial charge in [0.25, 0.3) is 0 Å². The summed E-state index contributed by atoms with van der Waals surface area (Å²) >= 11 is 0. The van der Waals surface area contributed by atoms with Crippen LogP contribution in [-0.2, 0) is 0 Å². The molecule has 2 rings (SSSR count). The molecule has 6 heteroatoms. The molecule has 0 aromatic carbocycles. The molecule has 0 unspecified atom stereocenters. The number of carbonyl (C=O) groups is 1. The van der Waals surface area contributed by atoms with Gasteiger partial charge < -0.3 is 10.7 Å². The first kappa shape index (κ1) is 11.6. The second-order valence-electron chi connectivity index (χ2n) is 2.69. The van der Waals surface area contributed by atoms with Gasteiger partial charge in [0.2, 0.25) is 5.91 Å². The third-order valence-electron chi connectivity index (χ3n) is 1.53. The van der Waals surface area contributed by atoms with E-state index in [4.69, 9.17) is 5.73 Å². The number of carbonyl (C=O) groups excluding carboxylic acids is 1. The number of rotatable bonds is 1. The van der Waals surface area contributed by atoms with Crippen LogP contribution in [0.25, 0.3) is 0 Å². The molecule has 0 radical (unpaired) electrons. The van der Waals surface area contributed by atoms with Crippen molar-refractivity contribution in [2.24, 2.45) is 5.73 Å². The normalized spacial score (nSPS) is 8.75. The number of nitrogens with one attached hydrogen (secondary N) is 1. The van der Waals surface area contributed by atoms with Gasteiger partial charge in [-0.2, -0.15) is 0 Å². The zero-order chi connectivity index (χ0) is 11.8. The Morgan fingerprint density at radius 1 is 1.31 bits per heavy atom. The van der Waals surface area contributed by atoms with Crippen LogP contribution < -0.4 is 11.4 Å². The van der Waals surface area contributed by atoms with E-state index < -0.39 is 5.91 Å². The lowest BCUT2D eigenvalue weighted by molar-refractivity contribution is 0.1000. The van der Waals surface area contributed by atoms with Gasteiger partial charge in [-0.15, -0.1) is 0 Å². The Hall–Kier alpha value is -2.50. The maximum atomic E-state index is 10.4. The Morgan fingerprint density at radius 3 is 2.44 bits per heavy atom. The summed E-state index contributed by atoms with van der Waals surface area (Å²) in [6.07, 6.45) is 6.00. The maximum Gasteiger partial charge on any atom is 0.344 e. The molecular weight excluding hydrogens is 208 g/mol. The van der Waals surface area contributed by atoms with Crippen molar-refractivity contribution in [3.63, 3.8) is 0 Å². The molecule has 0 aliphatic rings. The van der Waals surface area contributed by atoms with Crippen molar-refractivity contribution in [1.82, 2.24) is 15.0 Å². The van der Waals surface area contributed by atoms with Crippen LogP contribution in [0.5, 0.6) is 0 Å². The van der Waals surface area contributed by atoms with E-state index in [0.29, 0.717) is 5.56 Å². The largest absolute Gasteiger partial charge is 0.366 e. The number of primary amides is 1. The van der Waals surface area contributed by atoms with Crippen LogP contribution in [0.15, 0.2) is 47.8 Å². The Labute approximate surface area is 91.2 Å². The van der Waals surface area contributed by atoms with Crippen molar-refractivity contribution in [3.8, 4) is 0 Å². The maximum absolute atomic E-state index is 10.4. The van der Waals surface area contributed by atoms with Crippen molar-refractivity contribution in [1.29, 1.82) is 0 Å². The summed E-state index contributed by atoms with van der Waals surface area (Å²) in [4.78, 5) is 29.9. The predicted molar refractivity (Wildman–Crippen MR) is 57.6 cm³/mol. The van der Waals surface area contributed by atoms with E-state index in [1.807, 2.05) is 0 Å². The number of amides is 1. The number of aromatic nitrogens is 3. The molecule has 0 bridgehead atoms. The number of nitrogens with two attached hydrogens (primary N) is 1. The zero-order valence-electron chi connectivity index (χ0n) is 8.33. The van der Waals surface area contributed by atoms with E-state index in [1.54, 1.807) is 24.4 Å². The van der Waals surface area contributed by atoms with E-state index >= 15 is 0 Å². The smallest absolute Gasteiger partial charge is 0.344 e. The van der Waals surface area contributed by atoms with Crippen LogP contribution in [-0.4, -0.2) is 20.9 Å². The van der Waals surface area contributed by atoms with Gasteiger partial charge in [-0.25, -0.2) is 9.78 Å². The Bertz CT molecular complexity index is 478. The molecule has 2 aromatic rings. The molecule has 0 saturated heterocycles. The fourth-order valence-electron chi connectivity index (χ4n) is 0.819. The Kier molecular flexibility index (Phi) is 4.39. The second kappa shape index (κ2) is 6.07. The van der Waals surface area contributed by atoms with Crippen molar-refractivity contribution < 1.29 is 4.79 Å². The molecule has 1 amide bonds. The Balaban J connectivity index is 0.000000165. The summed E-state index contributed by atoms with van der Waals surface area (Å²) in [5.41, 5.74) is 5.07. The fourth-order valence-corrected chi connectivity index (χ4v) is 0.819. The summed E-state index contributed by atoms with van der Waals surface area (Å²) in [5.74, 6) is -0.442. The minimum Gasteiger partial charge on any atom is -0.366 e. The zero-order valence-corrected chi connectivity index (χ0v) is 8.33.